The summed E-state index contributed by atoms with van der Waals surface area (Å²) in [6, 6.07) is 18.8. The van der Waals surface area contributed by atoms with E-state index < -0.39 is 0 Å². The molecular formula is C24H31ClN2O2. The number of rotatable bonds is 6. The summed E-state index contributed by atoms with van der Waals surface area (Å²) in [6.07, 6.45) is 6.12. The molecule has 1 amide bonds. The van der Waals surface area contributed by atoms with Gasteiger partial charge < -0.3 is 15.8 Å². The summed E-state index contributed by atoms with van der Waals surface area (Å²) in [4.78, 5) is 12.5. The molecule has 2 aliphatic rings. The molecule has 156 valence electrons. The van der Waals surface area contributed by atoms with Crippen LogP contribution in [0.2, 0.25) is 0 Å². The smallest absolute Gasteiger partial charge is 0.223 e. The maximum Gasteiger partial charge on any atom is 0.223 e. The van der Waals surface area contributed by atoms with E-state index in [1.165, 1.54) is 19.3 Å². The molecule has 2 bridgehead atoms. The Morgan fingerprint density at radius 2 is 1.66 bits per heavy atom. The highest BCUT2D eigenvalue weighted by Crippen LogP contribution is 2.39. The molecule has 2 aliphatic carbocycles. The first-order valence-corrected chi connectivity index (χ1v) is 10.5. The second-order valence-electron chi connectivity index (χ2n) is 8.24. The number of hydrogen-bond acceptors (Lipinski definition) is 3. The predicted octanol–water partition coefficient (Wildman–Crippen LogP) is 4.57. The first-order chi connectivity index (χ1) is 13.7. The van der Waals surface area contributed by atoms with Crippen LogP contribution in [0.25, 0.3) is 11.1 Å². The summed E-state index contributed by atoms with van der Waals surface area (Å²) in [5.41, 5.74) is 8.37. The molecule has 2 unspecified atom stereocenters. The molecule has 2 saturated carbocycles. The van der Waals surface area contributed by atoms with Gasteiger partial charge in [-0.15, -0.1) is 12.4 Å². The van der Waals surface area contributed by atoms with Crippen LogP contribution in [0.5, 0.6) is 5.75 Å². The average Bonchev–Trinajstić information content (AvgIpc) is 2.70. The van der Waals surface area contributed by atoms with Crippen molar-refractivity contribution in [2.75, 3.05) is 6.61 Å². The number of nitrogens with two attached hydrogens (primary N) is 1. The lowest BCUT2D eigenvalue weighted by Crippen LogP contribution is -2.53. The number of para-hydroxylation sites is 1. The number of halogens is 1. The number of hydrogen-bond donors (Lipinski definition) is 2. The second-order valence-corrected chi connectivity index (χ2v) is 8.24. The monoisotopic (exact) mass is 414 g/mol. The van der Waals surface area contributed by atoms with E-state index >= 15 is 0 Å². The van der Waals surface area contributed by atoms with Crippen molar-refractivity contribution < 1.29 is 9.53 Å². The molecular weight excluding hydrogens is 384 g/mol. The molecule has 2 aromatic carbocycles. The standard InChI is InChI=1S/C24H30N2O2.ClH/c25-20-15-18-9-6-10-19(16-20)24(18)26-23(27)13-14-28-22-12-5-4-11-21(22)17-7-2-1-3-8-17;/h1-5,7-8,11-12,18-20,24H,6,9-10,13-16,25H2,(H,26,27);1H. The SMILES string of the molecule is Cl.NC1CC2CCCC(C1)C2NC(=O)CCOc1ccccc1-c1ccccc1. The molecule has 2 fully saturated rings. The Morgan fingerprint density at radius 1 is 1.00 bits per heavy atom. The third kappa shape index (κ3) is 5.31. The maximum absolute atomic E-state index is 12.5. The highest BCUT2D eigenvalue weighted by Gasteiger charge is 2.39. The highest BCUT2D eigenvalue weighted by molar-refractivity contribution is 5.85. The number of fused-ring (bicyclic) bond motifs is 2. The zero-order valence-electron chi connectivity index (χ0n) is 16.8. The second kappa shape index (κ2) is 10.1. The Hall–Kier alpha value is -2.04. The quantitative estimate of drug-likeness (QED) is 0.727. The minimum absolute atomic E-state index is 0. The molecule has 0 radical (unpaired) electrons. The van der Waals surface area contributed by atoms with Crippen molar-refractivity contribution >= 4 is 18.3 Å². The van der Waals surface area contributed by atoms with Crippen molar-refractivity contribution in [3.63, 3.8) is 0 Å². The Balaban J connectivity index is 0.00000240. The van der Waals surface area contributed by atoms with Gasteiger partial charge in [0.15, 0.2) is 0 Å². The Bertz CT molecular complexity index is 784. The Labute approximate surface area is 179 Å². The molecule has 0 aromatic heterocycles. The van der Waals surface area contributed by atoms with E-state index in [0.717, 1.165) is 29.7 Å². The molecule has 4 rings (SSSR count). The van der Waals surface area contributed by atoms with Crippen molar-refractivity contribution in [3.8, 4) is 16.9 Å². The van der Waals surface area contributed by atoms with Crippen LogP contribution in [0.15, 0.2) is 54.6 Å². The first-order valence-electron chi connectivity index (χ1n) is 10.5. The fourth-order valence-electron chi connectivity index (χ4n) is 4.99. The molecule has 5 heteroatoms. The summed E-state index contributed by atoms with van der Waals surface area (Å²) in [7, 11) is 0. The fourth-order valence-corrected chi connectivity index (χ4v) is 4.99. The van der Waals surface area contributed by atoms with Crippen molar-refractivity contribution in [2.45, 2.75) is 50.6 Å². The van der Waals surface area contributed by atoms with E-state index in [2.05, 4.69) is 23.5 Å². The zero-order valence-corrected chi connectivity index (χ0v) is 17.6. The van der Waals surface area contributed by atoms with Gasteiger partial charge in [0.1, 0.15) is 5.75 Å². The van der Waals surface area contributed by atoms with Crippen LogP contribution < -0.4 is 15.8 Å². The minimum atomic E-state index is 0. The van der Waals surface area contributed by atoms with Crippen LogP contribution in [-0.4, -0.2) is 24.6 Å². The van der Waals surface area contributed by atoms with Gasteiger partial charge in [0.05, 0.1) is 13.0 Å². The van der Waals surface area contributed by atoms with Crippen LogP contribution in [-0.2, 0) is 4.79 Å². The van der Waals surface area contributed by atoms with Gasteiger partial charge in [-0.3, -0.25) is 4.79 Å². The van der Waals surface area contributed by atoms with Gasteiger partial charge in [0.2, 0.25) is 5.91 Å². The molecule has 0 heterocycles. The summed E-state index contributed by atoms with van der Waals surface area (Å²) in [6.45, 7) is 0.386. The summed E-state index contributed by atoms with van der Waals surface area (Å²) in [5.74, 6) is 2.01. The van der Waals surface area contributed by atoms with Crippen molar-refractivity contribution in [2.24, 2.45) is 17.6 Å². The van der Waals surface area contributed by atoms with Crippen LogP contribution in [0.3, 0.4) is 0 Å². The number of ether oxygens (including phenoxy) is 1. The van der Waals surface area contributed by atoms with E-state index in [9.17, 15) is 4.79 Å². The Morgan fingerprint density at radius 3 is 2.38 bits per heavy atom. The van der Waals surface area contributed by atoms with E-state index in [1.807, 2.05) is 36.4 Å². The molecule has 0 spiro atoms. The fraction of sp³-hybridized carbons (Fsp3) is 0.458. The lowest BCUT2D eigenvalue weighted by atomic mass is 9.67. The van der Waals surface area contributed by atoms with Gasteiger partial charge in [0.25, 0.3) is 0 Å². The first kappa shape index (κ1) is 21.7. The van der Waals surface area contributed by atoms with Crippen molar-refractivity contribution in [1.82, 2.24) is 5.32 Å². The third-order valence-electron chi connectivity index (χ3n) is 6.26. The number of nitrogens with one attached hydrogen (secondary N) is 1. The van der Waals surface area contributed by atoms with E-state index in [4.69, 9.17) is 10.5 Å². The molecule has 2 aromatic rings. The molecule has 0 aliphatic heterocycles. The van der Waals surface area contributed by atoms with Crippen molar-refractivity contribution in [1.29, 1.82) is 0 Å². The van der Waals surface area contributed by atoms with Gasteiger partial charge in [-0.1, -0.05) is 55.0 Å². The van der Waals surface area contributed by atoms with Gasteiger partial charge in [-0.2, -0.15) is 0 Å². The molecule has 2 atom stereocenters. The zero-order chi connectivity index (χ0) is 19.3. The number of amides is 1. The maximum atomic E-state index is 12.5. The summed E-state index contributed by atoms with van der Waals surface area (Å²) in [5, 5.41) is 3.30. The topological polar surface area (TPSA) is 64.3 Å². The highest BCUT2D eigenvalue weighted by atomic mass is 35.5. The number of carbonyl (C=O) groups excluding carboxylic acids is 1. The van der Waals surface area contributed by atoms with Gasteiger partial charge in [-0.25, -0.2) is 0 Å². The van der Waals surface area contributed by atoms with Crippen LogP contribution in [0.1, 0.15) is 38.5 Å². The average molecular weight is 415 g/mol. The summed E-state index contributed by atoms with van der Waals surface area (Å²) >= 11 is 0. The molecule has 4 nitrogen and oxygen atoms in total. The van der Waals surface area contributed by atoms with E-state index in [1.54, 1.807) is 0 Å². The van der Waals surface area contributed by atoms with E-state index in [0.29, 0.717) is 36.9 Å². The van der Waals surface area contributed by atoms with Gasteiger partial charge in [0, 0.05) is 17.6 Å². The van der Waals surface area contributed by atoms with E-state index in [-0.39, 0.29) is 18.3 Å². The van der Waals surface area contributed by atoms with Crippen LogP contribution >= 0.6 is 12.4 Å². The van der Waals surface area contributed by atoms with Gasteiger partial charge >= 0.3 is 0 Å². The largest absolute Gasteiger partial charge is 0.492 e. The Kier molecular flexibility index (Phi) is 7.57. The number of carbonyl (C=O) groups is 1. The van der Waals surface area contributed by atoms with Crippen molar-refractivity contribution in [3.05, 3.63) is 54.6 Å². The van der Waals surface area contributed by atoms with Gasteiger partial charge in [-0.05, 0) is 49.1 Å². The normalized spacial score (nSPS) is 25.6. The lowest BCUT2D eigenvalue weighted by Gasteiger charge is -2.45. The number of benzene rings is 2. The molecule has 3 N–H and O–H groups in total. The summed E-state index contributed by atoms with van der Waals surface area (Å²) < 4.78 is 5.98. The molecule has 29 heavy (non-hydrogen) atoms. The van der Waals surface area contributed by atoms with Crippen LogP contribution in [0, 0.1) is 11.8 Å². The molecule has 0 saturated heterocycles. The predicted molar refractivity (Wildman–Crippen MR) is 119 cm³/mol. The lowest BCUT2D eigenvalue weighted by molar-refractivity contribution is -0.123. The third-order valence-corrected chi connectivity index (χ3v) is 6.26. The minimum Gasteiger partial charge on any atom is -0.492 e. The van der Waals surface area contributed by atoms with Crippen LogP contribution in [0.4, 0.5) is 0 Å².